The molecule has 3 atom stereocenters. The lowest BCUT2D eigenvalue weighted by molar-refractivity contribution is -0.124. The molecule has 1 fully saturated rings. The molecule has 1 N–H and O–H groups in total. The molecule has 2 amide bonds. The molecule has 43 heavy (non-hydrogen) atoms. The van der Waals surface area contributed by atoms with Gasteiger partial charge in [0.15, 0.2) is 5.78 Å². The Morgan fingerprint density at radius 3 is 2.58 bits per heavy atom. The second-order valence-corrected chi connectivity index (χ2v) is 13.0. The number of aromatic nitrogens is 2. The Morgan fingerprint density at radius 2 is 1.93 bits per heavy atom. The molecule has 0 aliphatic carbocycles. The number of carbonyl (C=O) groups excluding carboxylic acids is 3. The summed E-state index contributed by atoms with van der Waals surface area (Å²) in [5.74, 6) is -0.187. The third-order valence-electron chi connectivity index (χ3n) is 7.63. The normalized spacial score (nSPS) is 17.9. The highest BCUT2D eigenvalue weighted by Crippen LogP contribution is 2.29. The maximum atomic E-state index is 13.7. The van der Waals surface area contributed by atoms with Gasteiger partial charge < -0.3 is 28.8 Å². The van der Waals surface area contributed by atoms with Crippen LogP contribution in [0.4, 0.5) is 9.59 Å². The monoisotopic (exact) mass is 596 g/mol. The van der Waals surface area contributed by atoms with E-state index in [0.29, 0.717) is 6.42 Å². The number of ketones is 1. The number of imidazole rings is 1. The summed E-state index contributed by atoms with van der Waals surface area (Å²) >= 11 is 0. The number of fused-ring (bicyclic) bond motifs is 1. The standard InChI is InChI=1S/C33H48N4O6/c1-9-12-15-33(7,8)22-43-30(39)35-28(32(4,5)6)27(38)18-25-17-26(20-37(25)31(40)41-11-3)42-21-24-19-36-16-13-14-23(10-2)29(36)34-24/h9-10,13-14,16,19,25-26,28H,1-2,11-12,15,17-18,20-22H2,3-8H3,(H,35,39)/t25?,26-,28-/m1/s1. The topological polar surface area (TPSA) is 111 Å². The molecular weight excluding hydrogens is 548 g/mol. The van der Waals surface area contributed by atoms with E-state index in [0.717, 1.165) is 29.7 Å². The molecule has 0 spiro atoms. The Labute approximate surface area is 255 Å². The number of rotatable bonds is 14. The number of pyridine rings is 1. The first kappa shape index (κ1) is 33.8. The quantitative estimate of drug-likeness (QED) is 0.259. The summed E-state index contributed by atoms with van der Waals surface area (Å²) in [5.41, 5.74) is 1.66. The van der Waals surface area contributed by atoms with E-state index in [1.54, 1.807) is 17.9 Å². The number of hydrogen-bond acceptors (Lipinski definition) is 7. The largest absolute Gasteiger partial charge is 0.450 e. The van der Waals surface area contributed by atoms with E-state index < -0.39 is 29.7 Å². The van der Waals surface area contributed by atoms with Gasteiger partial charge in [-0.3, -0.25) is 4.79 Å². The molecule has 1 saturated heterocycles. The van der Waals surface area contributed by atoms with Gasteiger partial charge in [0.2, 0.25) is 0 Å². The Balaban J connectivity index is 1.67. The van der Waals surface area contributed by atoms with E-state index >= 15 is 0 Å². The Morgan fingerprint density at radius 1 is 1.19 bits per heavy atom. The summed E-state index contributed by atoms with van der Waals surface area (Å²) in [5, 5.41) is 2.79. The van der Waals surface area contributed by atoms with Crippen molar-refractivity contribution in [1.82, 2.24) is 19.6 Å². The number of nitrogens with zero attached hydrogens (tertiary/aromatic N) is 3. The fourth-order valence-electron chi connectivity index (χ4n) is 5.25. The van der Waals surface area contributed by atoms with Crippen molar-refractivity contribution in [2.45, 2.75) is 92.0 Å². The molecule has 2 aromatic heterocycles. The number of hydrogen-bond donors (Lipinski definition) is 1. The van der Waals surface area contributed by atoms with Gasteiger partial charge in [0, 0.05) is 30.4 Å². The fraction of sp³-hybridized carbons (Fsp3) is 0.576. The van der Waals surface area contributed by atoms with Gasteiger partial charge in [0.1, 0.15) is 5.65 Å². The average Bonchev–Trinajstić information content (AvgIpc) is 3.55. The van der Waals surface area contributed by atoms with Crippen LogP contribution in [-0.2, 0) is 25.6 Å². The lowest BCUT2D eigenvalue weighted by atomic mass is 9.82. The highest BCUT2D eigenvalue weighted by Gasteiger charge is 2.41. The number of carbonyl (C=O) groups is 3. The van der Waals surface area contributed by atoms with Crippen LogP contribution < -0.4 is 5.32 Å². The maximum absolute atomic E-state index is 13.7. The zero-order chi connectivity index (χ0) is 31.8. The predicted octanol–water partition coefficient (Wildman–Crippen LogP) is 6.19. The van der Waals surface area contributed by atoms with Gasteiger partial charge >= 0.3 is 12.2 Å². The molecule has 3 rings (SSSR count). The molecule has 1 aliphatic heterocycles. The fourth-order valence-corrected chi connectivity index (χ4v) is 5.25. The van der Waals surface area contributed by atoms with Gasteiger partial charge in [-0.1, -0.05) is 53.3 Å². The highest BCUT2D eigenvalue weighted by atomic mass is 16.6. The average molecular weight is 597 g/mol. The molecule has 0 saturated carbocycles. The molecular formula is C33H48N4O6. The third kappa shape index (κ3) is 9.41. The Bertz CT molecular complexity index is 1290. The van der Waals surface area contributed by atoms with E-state index in [-0.39, 0.29) is 50.1 Å². The van der Waals surface area contributed by atoms with Crippen LogP contribution in [0.5, 0.6) is 0 Å². The summed E-state index contributed by atoms with van der Waals surface area (Å²) in [6, 6.07) is 2.62. The third-order valence-corrected chi connectivity index (χ3v) is 7.63. The van der Waals surface area contributed by atoms with E-state index in [2.05, 4.69) is 23.5 Å². The second kappa shape index (κ2) is 14.7. The SMILES string of the molecule is C=CCCC(C)(C)COC(=O)N[C@H](C(=O)CC1C[C@@H](OCc2cn3cccc(C=C)c3n2)CN1C(=O)OCC)C(C)(C)C. The lowest BCUT2D eigenvalue weighted by Crippen LogP contribution is -2.51. The molecule has 0 radical (unpaired) electrons. The van der Waals surface area contributed by atoms with Gasteiger partial charge in [-0.05, 0) is 49.1 Å². The van der Waals surface area contributed by atoms with Crippen LogP contribution in [0.2, 0.25) is 0 Å². The van der Waals surface area contributed by atoms with Crippen molar-refractivity contribution < 1.29 is 28.6 Å². The minimum absolute atomic E-state index is 0.0444. The van der Waals surface area contributed by atoms with Crippen molar-refractivity contribution >= 4 is 29.7 Å². The van der Waals surface area contributed by atoms with Gasteiger partial charge in [-0.25, -0.2) is 14.6 Å². The van der Waals surface area contributed by atoms with E-state index in [1.807, 2.05) is 69.6 Å². The van der Waals surface area contributed by atoms with Crippen molar-refractivity contribution in [2.75, 3.05) is 19.8 Å². The number of nitrogens with one attached hydrogen (secondary N) is 1. The molecule has 236 valence electrons. The van der Waals surface area contributed by atoms with Crippen molar-refractivity contribution in [3.63, 3.8) is 0 Å². The molecule has 0 aromatic carbocycles. The van der Waals surface area contributed by atoms with E-state index in [4.69, 9.17) is 14.2 Å². The van der Waals surface area contributed by atoms with Crippen LogP contribution in [0.3, 0.4) is 0 Å². The van der Waals surface area contributed by atoms with Crippen LogP contribution in [0.25, 0.3) is 11.7 Å². The Hall–Kier alpha value is -3.66. The number of allylic oxidation sites excluding steroid dienone is 1. The van der Waals surface area contributed by atoms with Crippen LogP contribution in [-0.4, -0.2) is 70.2 Å². The molecule has 1 unspecified atom stereocenters. The zero-order valence-electron chi connectivity index (χ0n) is 26.6. The first-order valence-electron chi connectivity index (χ1n) is 15.0. The van der Waals surface area contributed by atoms with Crippen LogP contribution in [0.1, 0.15) is 78.5 Å². The van der Waals surface area contributed by atoms with Crippen molar-refractivity contribution in [1.29, 1.82) is 0 Å². The summed E-state index contributed by atoms with van der Waals surface area (Å²) < 4.78 is 18.9. The molecule has 10 nitrogen and oxygen atoms in total. The number of alkyl carbamates (subject to hydrolysis) is 1. The summed E-state index contributed by atoms with van der Waals surface area (Å²) in [6.07, 6.45) is 8.12. The van der Waals surface area contributed by atoms with Crippen LogP contribution in [0, 0.1) is 10.8 Å². The van der Waals surface area contributed by atoms with Crippen molar-refractivity contribution in [3.8, 4) is 0 Å². The van der Waals surface area contributed by atoms with Crippen molar-refractivity contribution in [3.05, 3.63) is 55.0 Å². The first-order chi connectivity index (χ1) is 20.3. The van der Waals surface area contributed by atoms with Crippen LogP contribution >= 0.6 is 0 Å². The van der Waals surface area contributed by atoms with Crippen molar-refractivity contribution in [2.24, 2.45) is 10.8 Å². The lowest BCUT2D eigenvalue weighted by Gasteiger charge is -2.32. The predicted molar refractivity (Wildman–Crippen MR) is 167 cm³/mol. The summed E-state index contributed by atoms with van der Waals surface area (Å²) in [7, 11) is 0. The van der Waals surface area contributed by atoms with Gasteiger partial charge in [0.05, 0.1) is 44.2 Å². The number of amides is 2. The molecule has 3 heterocycles. The number of ether oxygens (including phenoxy) is 3. The van der Waals surface area contributed by atoms with Gasteiger partial charge in [0.25, 0.3) is 0 Å². The molecule has 0 bridgehead atoms. The van der Waals surface area contributed by atoms with E-state index in [9.17, 15) is 14.4 Å². The minimum Gasteiger partial charge on any atom is -0.450 e. The molecule has 2 aromatic rings. The van der Waals surface area contributed by atoms with Gasteiger partial charge in [-0.15, -0.1) is 6.58 Å². The first-order valence-corrected chi connectivity index (χ1v) is 15.0. The highest BCUT2D eigenvalue weighted by molar-refractivity contribution is 5.89. The minimum atomic E-state index is -0.808. The molecule has 10 heteroatoms. The van der Waals surface area contributed by atoms with Gasteiger partial charge in [-0.2, -0.15) is 0 Å². The summed E-state index contributed by atoms with van der Waals surface area (Å²) in [4.78, 5) is 45.5. The second-order valence-electron chi connectivity index (χ2n) is 13.0. The van der Waals surface area contributed by atoms with E-state index in [1.165, 1.54) is 0 Å². The zero-order valence-corrected chi connectivity index (χ0v) is 26.6. The maximum Gasteiger partial charge on any atom is 0.410 e. The smallest absolute Gasteiger partial charge is 0.410 e. The molecule has 1 aliphatic rings. The Kier molecular flexibility index (Phi) is 11.6. The van der Waals surface area contributed by atoms with Crippen LogP contribution in [0.15, 0.2) is 43.8 Å². The number of Topliss-reactive ketones (excluding diaryl/α,β-unsaturated/α-hetero) is 1. The number of likely N-dealkylation sites (tertiary alicyclic amines) is 1. The summed E-state index contributed by atoms with van der Waals surface area (Å²) in [6.45, 7) is 20.0.